The van der Waals surface area contributed by atoms with Crippen molar-refractivity contribution in [3.63, 3.8) is 0 Å². The molecule has 0 saturated heterocycles. The van der Waals surface area contributed by atoms with Crippen molar-refractivity contribution in [2.24, 2.45) is 0 Å². The molecule has 78 valence electrons. The first-order valence-electron chi connectivity index (χ1n) is 4.52. The largest absolute Gasteiger partial charge is 0.328 e. The number of aromatic nitrogens is 3. The minimum atomic E-state index is -0.997. The highest BCUT2D eigenvalue weighted by atomic mass is 16.6. The number of aromatic amines is 1. The summed E-state index contributed by atoms with van der Waals surface area (Å²) in [5.74, 6) is 0.636. The quantitative estimate of drug-likeness (QED) is 0.581. The van der Waals surface area contributed by atoms with Gasteiger partial charge >= 0.3 is 0 Å². The Morgan fingerprint density at radius 3 is 2.93 bits per heavy atom. The summed E-state index contributed by atoms with van der Waals surface area (Å²) in [7, 11) is 0. The molecule has 0 aromatic carbocycles. The fraction of sp³-hybridized carbons (Fsp3) is 0.333. The first kappa shape index (κ1) is 9.57. The van der Waals surface area contributed by atoms with E-state index in [1.165, 1.54) is 6.33 Å². The van der Waals surface area contributed by atoms with Gasteiger partial charge in [-0.15, -0.1) is 10.2 Å². The van der Waals surface area contributed by atoms with Crippen LogP contribution in [0, 0.1) is 10.1 Å². The van der Waals surface area contributed by atoms with E-state index < -0.39 is 5.54 Å². The van der Waals surface area contributed by atoms with E-state index >= 15 is 0 Å². The van der Waals surface area contributed by atoms with E-state index in [0.717, 1.165) is 5.57 Å². The van der Waals surface area contributed by atoms with Crippen LogP contribution in [0.5, 0.6) is 0 Å². The average molecular weight is 206 g/mol. The molecule has 6 nitrogen and oxygen atoms in total. The monoisotopic (exact) mass is 206 g/mol. The highest BCUT2D eigenvalue weighted by Gasteiger charge is 2.34. The molecule has 2 rings (SSSR count). The summed E-state index contributed by atoms with van der Waals surface area (Å²) in [6.07, 6.45) is 6.93. The van der Waals surface area contributed by atoms with Gasteiger partial charge in [0.2, 0.25) is 5.54 Å². The topological polar surface area (TPSA) is 84.7 Å². The molecule has 15 heavy (non-hydrogen) atoms. The second-order valence-electron chi connectivity index (χ2n) is 3.65. The SMILES string of the molecule is CC1([N+](=O)[O-])C=CC(c2nnc[nH]2)=CC1. The van der Waals surface area contributed by atoms with Crippen LogP contribution in [0.15, 0.2) is 24.6 Å². The van der Waals surface area contributed by atoms with Crippen LogP contribution in [0.4, 0.5) is 0 Å². The lowest BCUT2D eigenvalue weighted by Crippen LogP contribution is -2.32. The van der Waals surface area contributed by atoms with Crippen LogP contribution in [0.3, 0.4) is 0 Å². The van der Waals surface area contributed by atoms with E-state index in [-0.39, 0.29) is 4.92 Å². The molecule has 0 amide bonds. The summed E-state index contributed by atoms with van der Waals surface area (Å²) >= 11 is 0. The van der Waals surface area contributed by atoms with Gasteiger partial charge in [-0.1, -0.05) is 6.08 Å². The van der Waals surface area contributed by atoms with E-state index in [2.05, 4.69) is 15.2 Å². The van der Waals surface area contributed by atoms with E-state index in [4.69, 9.17) is 0 Å². The Morgan fingerprint density at radius 1 is 1.67 bits per heavy atom. The molecule has 0 aliphatic heterocycles. The number of allylic oxidation sites excluding steroid dienone is 2. The van der Waals surface area contributed by atoms with Crippen LogP contribution in [-0.2, 0) is 0 Å². The van der Waals surface area contributed by atoms with Gasteiger partial charge < -0.3 is 4.98 Å². The molecule has 1 aromatic rings. The van der Waals surface area contributed by atoms with Crippen molar-refractivity contribution in [3.8, 4) is 0 Å². The first-order valence-corrected chi connectivity index (χ1v) is 4.52. The predicted octanol–water partition coefficient (Wildman–Crippen LogP) is 1.18. The summed E-state index contributed by atoms with van der Waals surface area (Å²) < 4.78 is 0. The van der Waals surface area contributed by atoms with Crippen LogP contribution in [0.1, 0.15) is 19.2 Å². The van der Waals surface area contributed by atoms with Crippen molar-refractivity contribution in [3.05, 3.63) is 40.5 Å². The van der Waals surface area contributed by atoms with Gasteiger partial charge in [-0.25, -0.2) is 0 Å². The third-order valence-electron chi connectivity index (χ3n) is 2.46. The molecule has 1 aliphatic rings. The Morgan fingerprint density at radius 2 is 2.47 bits per heavy atom. The summed E-state index contributed by atoms with van der Waals surface area (Å²) in [6.45, 7) is 1.59. The number of rotatable bonds is 2. The third-order valence-corrected chi connectivity index (χ3v) is 2.46. The van der Waals surface area contributed by atoms with Crippen LogP contribution < -0.4 is 0 Å². The zero-order valence-electron chi connectivity index (χ0n) is 8.17. The number of nitrogens with zero attached hydrogens (tertiary/aromatic N) is 3. The number of nitro groups is 1. The minimum Gasteiger partial charge on any atom is -0.328 e. The number of hydrogen-bond acceptors (Lipinski definition) is 4. The van der Waals surface area contributed by atoms with Crippen molar-refractivity contribution in [2.45, 2.75) is 18.9 Å². The maximum atomic E-state index is 10.8. The van der Waals surface area contributed by atoms with Crippen LogP contribution in [-0.4, -0.2) is 25.6 Å². The molecule has 1 unspecified atom stereocenters. The third kappa shape index (κ3) is 1.65. The maximum absolute atomic E-state index is 10.8. The maximum Gasteiger partial charge on any atom is 0.241 e. The molecule has 6 heteroatoms. The van der Waals surface area contributed by atoms with Crippen molar-refractivity contribution in [1.82, 2.24) is 15.2 Å². The molecule has 0 bridgehead atoms. The van der Waals surface area contributed by atoms with Crippen LogP contribution in [0.25, 0.3) is 5.57 Å². The fourth-order valence-electron chi connectivity index (χ4n) is 1.38. The van der Waals surface area contributed by atoms with Crippen LogP contribution in [0.2, 0.25) is 0 Å². The van der Waals surface area contributed by atoms with Gasteiger partial charge in [-0.2, -0.15) is 0 Å². The Labute approximate surface area is 85.9 Å². The molecule has 1 atom stereocenters. The summed E-state index contributed by atoms with van der Waals surface area (Å²) in [6, 6.07) is 0. The number of nitrogens with one attached hydrogen (secondary N) is 1. The van der Waals surface area contributed by atoms with Gasteiger partial charge in [0.15, 0.2) is 5.82 Å². The molecule has 1 heterocycles. The molecule has 1 N–H and O–H groups in total. The Kier molecular flexibility index (Phi) is 2.11. The molecule has 0 saturated carbocycles. The van der Waals surface area contributed by atoms with E-state index in [0.29, 0.717) is 12.2 Å². The molecule has 0 radical (unpaired) electrons. The standard InChI is InChI=1S/C9H10N4O2/c1-9(13(14)15)4-2-7(3-5-9)8-10-6-11-12-8/h2-4,6H,5H2,1H3,(H,10,11,12). The summed E-state index contributed by atoms with van der Waals surface area (Å²) in [5, 5.41) is 18.3. The second-order valence-corrected chi connectivity index (χ2v) is 3.65. The summed E-state index contributed by atoms with van der Waals surface area (Å²) in [5.41, 5.74) is -0.157. The van der Waals surface area contributed by atoms with Crippen molar-refractivity contribution < 1.29 is 4.92 Å². The molecule has 0 fully saturated rings. The van der Waals surface area contributed by atoms with Crippen molar-refractivity contribution in [1.29, 1.82) is 0 Å². The predicted molar refractivity (Wildman–Crippen MR) is 53.5 cm³/mol. The lowest BCUT2D eigenvalue weighted by atomic mass is 9.91. The smallest absolute Gasteiger partial charge is 0.241 e. The lowest BCUT2D eigenvalue weighted by Gasteiger charge is -2.18. The van der Waals surface area contributed by atoms with Crippen molar-refractivity contribution >= 4 is 5.57 Å². The molecular weight excluding hydrogens is 196 g/mol. The Balaban J connectivity index is 2.22. The van der Waals surface area contributed by atoms with Gasteiger partial charge in [0.1, 0.15) is 6.33 Å². The van der Waals surface area contributed by atoms with Gasteiger partial charge in [0.25, 0.3) is 0 Å². The molecule has 1 aromatic heterocycles. The highest BCUT2D eigenvalue weighted by molar-refractivity contribution is 5.70. The van der Waals surface area contributed by atoms with Crippen molar-refractivity contribution in [2.75, 3.05) is 0 Å². The molecule has 1 aliphatic carbocycles. The fourth-order valence-corrected chi connectivity index (χ4v) is 1.38. The summed E-state index contributed by atoms with van der Waals surface area (Å²) in [4.78, 5) is 13.3. The first-order chi connectivity index (χ1) is 7.12. The number of H-pyrrole nitrogens is 1. The van der Waals surface area contributed by atoms with E-state index in [9.17, 15) is 10.1 Å². The van der Waals surface area contributed by atoms with E-state index in [1.807, 2.05) is 0 Å². The zero-order valence-corrected chi connectivity index (χ0v) is 8.17. The molecular formula is C9H10N4O2. The van der Waals surface area contributed by atoms with Crippen LogP contribution >= 0.6 is 0 Å². The Bertz CT molecular complexity index is 435. The second kappa shape index (κ2) is 3.30. The highest BCUT2D eigenvalue weighted by Crippen LogP contribution is 2.26. The Hall–Kier alpha value is -1.98. The average Bonchev–Trinajstić information content (AvgIpc) is 2.72. The van der Waals surface area contributed by atoms with Gasteiger partial charge in [0.05, 0.1) is 0 Å². The van der Waals surface area contributed by atoms with Gasteiger partial charge in [-0.05, 0) is 12.2 Å². The zero-order chi connectivity index (χ0) is 10.9. The van der Waals surface area contributed by atoms with Gasteiger partial charge in [-0.3, -0.25) is 10.1 Å². The lowest BCUT2D eigenvalue weighted by molar-refractivity contribution is -0.549. The van der Waals surface area contributed by atoms with Gasteiger partial charge in [0, 0.05) is 23.8 Å². The normalized spacial score (nSPS) is 25.0. The van der Waals surface area contributed by atoms with E-state index in [1.54, 1.807) is 25.2 Å². The molecule has 0 spiro atoms. The number of hydrogen-bond donors (Lipinski definition) is 1. The minimum absolute atomic E-state index is 0.281.